The summed E-state index contributed by atoms with van der Waals surface area (Å²) < 4.78 is 50.0. The van der Waals surface area contributed by atoms with Crippen LogP contribution in [0.2, 0.25) is 0 Å². The van der Waals surface area contributed by atoms with Gasteiger partial charge >= 0.3 is 0 Å². The summed E-state index contributed by atoms with van der Waals surface area (Å²) in [5.41, 5.74) is 2.10. The molecule has 25 heavy (non-hydrogen) atoms. The van der Waals surface area contributed by atoms with Crippen molar-refractivity contribution in [3.8, 4) is 0 Å². The molecule has 0 spiro atoms. The monoisotopic (exact) mass is 379 g/mol. The van der Waals surface area contributed by atoms with Crippen LogP contribution in [0.5, 0.6) is 0 Å². The van der Waals surface area contributed by atoms with Crippen LogP contribution in [0.1, 0.15) is 11.1 Å². The van der Waals surface area contributed by atoms with Gasteiger partial charge in [-0.05, 0) is 24.6 Å². The van der Waals surface area contributed by atoms with Crippen LogP contribution in [-0.4, -0.2) is 39.6 Å². The third kappa shape index (κ3) is 4.11. The van der Waals surface area contributed by atoms with E-state index >= 15 is 0 Å². The van der Waals surface area contributed by atoms with Crippen molar-refractivity contribution >= 4 is 19.7 Å². The summed E-state index contributed by atoms with van der Waals surface area (Å²) in [6.45, 7) is 2.41. The van der Waals surface area contributed by atoms with Gasteiger partial charge in [-0.1, -0.05) is 48.0 Å². The minimum Gasteiger partial charge on any atom is -0.308 e. The SMILES string of the molecule is Cc1cccc(CN[C@@H]2CS(=O)(=O)C[C@H]2S(=O)(=O)c2ccccc2)c1. The Labute approximate surface area is 148 Å². The van der Waals surface area contributed by atoms with Crippen LogP contribution in [0.4, 0.5) is 0 Å². The van der Waals surface area contributed by atoms with E-state index < -0.39 is 31.0 Å². The highest BCUT2D eigenvalue weighted by molar-refractivity contribution is 7.96. The maximum absolute atomic E-state index is 12.9. The highest BCUT2D eigenvalue weighted by Gasteiger charge is 2.45. The lowest BCUT2D eigenvalue weighted by atomic mass is 10.1. The van der Waals surface area contributed by atoms with Crippen LogP contribution in [0.3, 0.4) is 0 Å². The van der Waals surface area contributed by atoms with E-state index in [0.717, 1.165) is 11.1 Å². The quantitative estimate of drug-likeness (QED) is 0.856. The Hall–Kier alpha value is -1.70. The first-order valence-electron chi connectivity index (χ1n) is 8.06. The summed E-state index contributed by atoms with van der Waals surface area (Å²) >= 11 is 0. The third-order valence-electron chi connectivity index (χ3n) is 4.42. The van der Waals surface area contributed by atoms with E-state index in [2.05, 4.69) is 5.32 Å². The lowest BCUT2D eigenvalue weighted by Crippen LogP contribution is -2.43. The maximum atomic E-state index is 12.9. The molecule has 0 unspecified atom stereocenters. The number of aryl methyl sites for hydroxylation is 1. The van der Waals surface area contributed by atoms with Crippen molar-refractivity contribution in [2.75, 3.05) is 11.5 Å². The van der Waals surface area contributed by atoms with E-state index in [4.69, 9.17) is 0 Å². The smallest absolute Gasteiger partial charge is 0.183 e. The molecule has 2 atom stereocenters. The van der Waals surface area contributed by atoms with Gasteiger partial charge in [-0.2, -0.15) is 0 Å². The Morgan fingerprint density at radius 2 is 1.76 bits per heavy atom. The van der Waals surface area contributed by atoms with Gasteiger partial charge in [0.25, 0.3) is 0 Å². The first kappa shape index (κ1) is 18.1. The fraction of sp³-hybridized carbons (Fsp3) is 0.333. The van der Waals surface area contributed by atoms with Crippen LogP contribution < -0.4 is 5.32 Å². The largest absolute Gasteiger partial charge is 0.308 e. The Bertz CT molecular complexity index is 954. The molecule has 0 aromatic heterocycles. The molecule has 1 fully saturated rings. The normalized spacial score (nSPS) is 22.8. The summed E-state index contributed by atoms with van der Waals surface area (Å²) in [6.07, 6.45) is 0. The van der Waals surface area contributed by atoms with Gasteiger partial charge in [-0.3, -0.25) is 0 Å². The lowest BCUT2D eigenvalue weighted by Gasteiger charge is -2.20. The van der Waals surface area contributed by atoms with Gasteiger partial charge in [0.05, 0.1) is 21.7 Å². The molecule has 1 heterocycles. The molecule has 1 aliphatic rings. The van der Waals surface area contributed by atoms with Gasteiger partial charge < -0.3 is 5.32 Å². The van der Waals surface area contributed by atoms with Crippen LogP contribution >= 0.6 is 0 Å². The predicted octanol–water partition coefficient (Wildman–Crippen LogP) is 1.72. The zero-order chi connectivity index (χ0) is 18.1. The highest BCUT2D eigenvalue weighted by atomic mass is 32.2. The molecule has 0 saturated carbocycles. The second-order valence-corrected chi connectivity index (χ2v) is 10.8. The van der Waals surface area contributed by atoms with Gasteiger partial charge in [0.1, 0.15) is 0 Å². The van der Waals surface area contributed by atoms with Gasteiger partial charge in [0, 0.05) is 12.6 Å². The Kier molecular flexibility index (Phi) is 4.99. The Balaban J connectivity index is 1.84. The summed E-state index contributed by atoms with van der Waals surface area (Å²) in [7, 11) is -7.10. The summed E-state index contributed by atoms with van der Waals surface area (Å²) in [5.74, 6) is -0.495. The first-order chi connectivity index (χ1) is 11.8. The molecule has 134 valence electrons. The van der Waals surface area contributed by atoms with E-state index in [1.807, 2.05) is 31.2 Å². The van der Waals surface area contributed by atoms with Crippen LogP contribution in [-0.2, 0) is 26.2 Å². The zero-order valence-corrected chi connectivity index (χ0v) is 15.6. The fourth-order valence-electron chi connectivity index (χ4n) is 3.17. The minimum absolute atomic E-state index is 0.157. The first-order valence-corrected chi connectivity index (χ1v) is 11.4. The van der Waals surface area contributed by atoms with Crippen LogP contribution in [0, 0.1) is 6.92 Å². The molecule has 0 amide bonds. The van der Waals surface area contributed by atoms with Gasteiger partial charge in [0.2, 0.25) is 0 Å². The van der Waals surface area contributed by atoms with Gasteiger partial charge in [-0.25, -0.2) is 16.8 Å². The number of rotatable bonds is 5. The van der Waals surface area contributed by atoms with Gasteiger partial charge in [0.15, 0.2) is 19.7 Å². The van der Waals surface area contributed by atoms with Crippen LogP contribution in [0.15, 0.2) is 59.5 Å². The van der Waals surface area contributed by atoms with Crippen LogP contribution in [0.25, 0.3) is 0 Å². The topological polar surface area (TPSA) is 80.3 Å². The summed E-state index contributed by atoms with van der Waals surface area (Å²) in [4.78, 5) is 0.166. The number of sulfone groups is 2. The molecule has 7 heteroatoms. The average molecular weight is 380 g/mol. The number of hydrogen-bond donors (Lipinski definition) is 1. The maximum Gasteiger partial charge on any atom is 0.183 e. The lowest BCUT2D eigenvalue weighted by molar-refractivity contribution is 0.526. The summed E-state index contributed by atoms with van der Waals surface area (Å²) in [6, 6.07) is 15.3. The molecule has 1 saturated heterocycles. The molecule has 0 aliphatic carbocycles. The van der Waals surface area contributed by atoms with Crippen molar-refractivity contribution < 1.29 is 16.8 Å². The molecule has 2 aromatic rings. The number of hydrogen-bond acceptors (Lipinski definition) is 5. The number of benzene rings is 2. The predicted molar refractivity (Wildman–Crippen MR) is 97.9 cm³/mol. The molecule has 0 bridgehead atoms. The molecule has 1 aliphatic heterocycles. The van der Waals surface area contributed by atoms with E-state index in [-0.39, 0.29) is 16.4 Å². The molecular weight excluding hydrogens is 358 g/mol. The third-order valence-corrected chi connectivity index (χ3v) is 8.59. The molecule has 3 rings (SSSR count). The van der Waals surface area contributed by atoms with Crippen molar-refractivity contribution in [1.29, 1.82) is 0 Å². The van der Waals surface area contributed by atoms with E-state index in [1.54, 1.807) is 18.2 Å². The molecular formula is C18H21NO4S2. The molecule has 2 aromatic carbocycles. The van der Waals surface area contributed by atoms with Crippen molar-refractivity contribution in [2.45, 2.75) is 29.7 Å². The van der Waals surface area contributed by atoms with Crippen molar-refractivity contribution in [2.24, 2.45) is 0 Å². The number of nitrogens with one attached hydrogen (secondary N) is 1. The van der Waals surface area contributed by atoms with Gasteiger partial charge in [-0.15, -0.1) is 0 Å². The summed E-state index contributed by atoms with van der Waals surface area (Å²) in [5, 5.41) is 2.18. The molecule has 1 N–H and O–H groups in total. The average Bonchev–Trinajstić information content (AvgIpc) is 2.89. The van der Waals surface area contributed by atoms with E-state index in [0.29, 0.717) is 6.54 Å². The Morgan fingerprint density at radius 3 is 2.44 bits per heavy atom. The standard InChI is InChI=1S/C18H21NO4S2/c1-14-6-5-7-15(10-14)11-19-17-12-24(20,21)13-18(17)25(22,23)16-8-3-2-4-9-16/h2-10,17-19H,11-13H2,1H3/t17-,18-/m1/s1. The molecule has 0 radical (unpaired) electrons. The van der Waals surface area contributed by atoms with Crippen molar-refractivity contribution in [3.63, 3.8) is 0 Å². The van der Waals surface area contributed by atoms with Crippen molar-refractivity contribution in [3.05, 3.63) is 65.7 Å². The second kappa shape index (κ2) is 6.90. The molecule has 5 nitrogen and oxygen atoms in total. The fourth-order valence-corrected chi connectivity index (χ4v) is 7.91. The zero-order valence-electron chi connectivity index (χ0n) is 13.9. The Morgan fingerprint density at radius 1 is 1.04 bits per heavy atom. The van der Waals surface area contributed by atoms with Crippen molar-refractivity contribution in [1.82, 2.24) is 5.32 Å². The van der Waals surface area contributed by atoms with E-state index in [1.165, 1.54) is 12.1 Å². The second-order valence-electron chi connectivity index (χ2n) is 6.45. The minimum atomic E-state index is -3.71. The highest BCUT2D eigenvalue weighted by Crippen LogP contribution is 2.26. The van der Waals surface area contributed by atoms with E-state index in [9.17, 15) is 16.8 Å².